The Labute approximate surface area is 551 Å². The molecule has 16 rings (SSSR count). The molecule has 384 valence electrons. The van der Waals surface area contributed by atoms with Gasteiger partial charge in [0.05, 0.1) is 111 Å². The summed E-state index contributed by atoms with van der Waals surface area (Å²) in [5.41, 5.74) is -16.7. The highest BCUT2D eigenvalue weighted by Gasteiger charge is 2.41. The molecule has 0 spiro atoms. The second-order valence-electron chi connectivity index (χ2n) is 17.5. The Morgan fingerprint density at radius 1 is 0.220 bits per heavy atom. The van der Waals surface area contributed by atoms with Gasteiger partial charge < -0.3 is 13.7 Å². The van der Waals surface area contributed by atoms with Crippen LogP contribution in [0, 0.1) is 0 Å². The lowest BCUT2D eigenvalue weighted by molar-refractivity contribution is 1.16. The molecule has 13 aromatic carbocycles. The minimum atomic E-state index is -6.78. The third kappa shape index (κ3) is 7.50. The third-order valence-corrected chi connectivity index (χ3v) is 17.3. The van der Waals surface area contributed by atoms with Crippen LogP contribution in [0.15, 0.2) is 320 Å². The van der Waals surface area contributed by atoms with Crippen LogP contribution >= 0.6 is 0 Å². The molecule has 0 aliphatic rings. The Balaban J connectivity index is 1.09. The zero-order valence-corrected chi connectivity index (χ0v) is 41.8. The van der Waals surface area contributed by atoms with E-state index < -0.39 is 465 Å². The van der Waals surface area contributed by atoms with Crippen molar-refractivity contribution in [1.29, 1.82) is 0 Å². The fraction of sp³-hybridized carbons (Fsp3) is 0. The minimum absolute atomic E-state index is 0.390. The molecule has 82 heavy (non-hydrogen) atoms. The minimum Gasteiger partial charge on any atom is -0.309 e. The Kier molecular flexibility index (Phi) is 4.31. The van der Waals surface area contributed by atoms with Gasteiger partial charge >= 0.3 is 0 Å². The Bertz CT molecular complexity index is 8110. The van der Waals surface area contributed by atoms with Crippen molar-refractivity contribution in [2.45, 2.75) is 0 Å². The highest BCUT2D eigenvalue weighted by molar-refractivity contribution is 7.20. The summed E-state index contributed by atoms with van der Waals surface area (Å²) >= 11 is 0. The molecule has 0 saturated carbocycles. The van der Waals surface area contributed by atoms with Crippen molar-refractivity contribution in [3.63, 3.8) is 0 Å². The first-order valence-electron chi connectivity index (χ1n) is 50.5. The number of hydrogen-bond donors (Lipinski definition) is 0. The summed E-state index contributed by atoms with van der Waals surface area (Å²) < 4.78 is 505. The summed E-state index contributed by atoms with van der Waals surface area (Å²) in [5, 5.41) is -11.4. The summed E-state index contributed by atoms with van der Waals surface area (Å²) in [5.74, 6) is 0. The van der Waals surface area contributed by atoms with Gasteiger partial charge in [0.2, 0.25) is 0 Å². The first kappa shape index (κ1) is 18.2. The van der Waals surface area contributed by atoms with Crippen molar-refractivity contribution in [3.05, 3.63) is 320 Å². The zero-order chi connectivity index (χ0) is 100. The van der Waals surface area contributed by atoms with Gasteiger partial charge in [-0.05, 0) is 121 Å². The maximum Gasteiger partial charge on any atom is 0.179 e. The smallest absolute Gasteiger partial charge is 0.179 e. The van der Waals surface area contributed by atoms with E-state index in [1.807, 2.05) is 0 Å². The van der Waals surface area contributed by atoms with Crippen molar-refractivity contribution in [2.75, 3.05) is 0 Å². The van der Waals surface area contributed by atoms with E-state index in [0.29, 0.717) is 13.7 Å². The van der Waals surface area contributed by atoms with Crippen LogP contribution in [-0.4, -0.2) is 21.8 Å². The van der Waals surface area contributed by atoms with E-state index in [9.17, 15) is 45.2 Å². The van der Waals surface area contributed by atoms with Crippen LogP contribution in [0.25, 0.3) is 116 Å². The maximum absolute atomic E-state index is 10.8. The number of para-hydroxylation sites is 4. The molecule has 0 unspecified atom stereocenters. The van der Waals surface area contributed by atoms with Gasteiger partial charge in [-0.3, -0.25) is 0 Å². The van der Waals surface area contributed by atoms with E-state index >= 15 is 0 Å². The molecule has 0 amide bonds. The number of nitrogens with zero attached hydrogens (tertiary/aromatic N) is 3. The van der Waals surface area contributed by atoms with Crippen molar-refractivity contribution in [1.82, 2.24) is 13.7 Å². The molecule has 3 heterocycles. The quantitative estimate of drug-likeness (QED) is 0.0958. The molecule has 0 aliphatic heterocycles. The van der Waals surface area contributed by atoms with E-state index in [2.05, 4.69) is 0 Å². The normalized spacial score (nSPS) is 21.0. The Morgan fingerprint density at radius 2 is 0.646 bits per heavy atom. The topological polar surface area (TPSA) is 14.8 Å². The first-order chi connectivity index (χ1) is 62.8. The number of hydrogen-bond acceptors (Lipinski definition) is 0. The standard InChI is InChI=1S/C78H53N3Si/c1-5-23-54(24-6-1)55-25-21-26-56(49-55)57-27-22-28-59(50-57)79-74-41-19-15-37-67(74)70-52-60(44-47-76(70)79)80-73-40-18-14-36-66(73)69-46-43-58(51-78(69)80)65-35-13-17-39-72(65)81-75-42-20-16-38-68(75)71-53-64(45-48-77(71)81)82(61-29-7-2-8-30-61,62-31-9-3-10-32-62)63-33-11-4-12-34-63/h1-53H/i1D,2D,3D,4D,5D,6D,7D,8D,9D,10D,11D,12D,13D,14D,15D,16D,17D,18D,19D,20D,21D,22D,23D,24D,25D,26D,27D,28D,29D,30D,31D,32D,33D,34D,35D,36D,37D,38D,39D,40D,41D,42D,43D,44D,45D,46D,47D,48D,49D,50D,51D,52D,53D. The molecule has 0 radical (unpaired) electrons. The molecule has 3 nitrogen and oxygen atoms in total. The predicted molar refractivity (Wildman–Crippen MR) is 349 cm³/mol. The van der Waals surface area contributed by atoms with E-state index in [1.165, 1.54) is 0 Å². The summed E-state index contributed by atoms with van der Waals surface area (Å²) in [6.07, 6.45) is 0. The predicted octanol–water partition coefficient (Wildman–Crippen LogP) is 17.4. The molecule has 4 heteroatoms. The maximum atomic E-state index is 10.8. The highest BCUT2D eigenvalue weighted by atomic mass is 28.3. The summed E-state index contributed by atoms with van der Waals surface area (Å²) in [4.78, 5) is 0. The van der Waals surface area contributed by atoms with Gasteiger partial charge in [-0.25, -0.2) is 0 Å². The summed E-state index contributed by atoms with van der Waals surface area (Å²) in [7, 11) is -6.78. The van der Waals surface area contributed by atoms with Crippen molar-refractivity contribution >= 4 is 94.2 Å². The number of benzene rings is 13. The lowest BCUT2D eigenvalue weighted by Gasteiger charge is -2.34. The molecular formula is C78H53N3Si. The second kappa shape index (κ2) is 19.4. The van der Waals surface area contributed by atoms with Gasteiger partial charge in [-0.15, -0.1) is 0 Å². The summed E-state index contributed by atoms with van der Waals surface area (Å²) in [6.45, 7) is 0. The van der Waals surface area contributed by atoms with Gasteiger partial charge in [-0.2, -0.15) is 0 Å². The summed E-state index contributed by atoms with van der Waals surface area (Å²) in [6, 6.07) is -68.3. The molecule has 0 aliphatic carbocycles. The fourth-order valence-corrected chi connectivity index (χ4v) is 13.4. The lowest BCUT2D eigenvalue weighted by Crippen LogP contribution is -2.74. The highest BCUT2D eigenvalue weighted by Crippen LogP contribution is 2.41. The average molecular weight is 1110 g/mol. The Hall–Kier alpha value is -10.5. The number of aromatic nitrogens is 3. The number of rotatable bonds is 10. The average Bonchev–Trinajstić information content (AvgIpc) is 1.47. The molecule has 3 aromatic heterocycles. The third-order valence-electron chi connectivity index (χ3n) is 13.3. The molecule has 0 N–H and O–H groups in total. The molecule has 16 aromatic rings. The van der Waals surface area contributed by atoms with Gasteiger partial charge in [-0.1, -0.05) is 248 Å². The zero-order valence-electron chi connectivity index (χ0n) is 93.8. The molecule has 0 saturated heterocycles. The molecule has 0 bridgehead atoms. The van der Waals surface area contributed by atoms with Crippen LogP contribution in [0.5, 0.6) is 0 Å². The fourth-order valence-electron chi connectivity index (χ4n) is 9.88. The van der Waals surface area contributed by atoms with Crippen LogP contribution in [0.1, 0.15) is 72.7 Å². The van der Waals surface area contributed by atoms with Crippen LogP contribution < -0.4 is 20.7 Å². The number of fused-ring (bicyclic) bond motifs is 9. The van der Waals surface area contributed by atoms with Crippen LogP contribution in [0.2, 0.25) is 0 Å². The molecule has 0 atom stereocenters. The van der Waals surface area contributed by atoms with Gasteiger partial charge in [0, 0.05) is 49.3 Å². The molecular weight excluding hydrogens is 1010 g/mol. The van der Waals surface area contributed by atoms with Gasteiger partial charge in [0.15, 0.2) is 8.07 Å². The van der Waals surface area contributed by atoms with Crippen molar-refractivity contribution < 1.29 is 72.7 Å². The van der Waals surface area contributed by atoms with Crippen LogP contribution in [-0.2, 0) is 0 Å². The van der Waals surface area contributed by atoms with E-state index in [4.69, 9.17) is 27.4 Å². The van der Waals surface area contributed by atoms with E-state index in [1.54, 1.807) is 0 Å². The lowest BCUT2D eigenvalue weighted by atomic mass is 9.99. The van der Waals surface area contributed by atoms with Crippen molar-refractivity contribution in [3.8, 4) is 50.4 Å². The van der Waals surface area contributed by atoms with E-state index in [-0.39, 0.29) is 0 Å². The van der Waals surface area contributed by atoms with Gasteiger partial charge in [0.25, 0.3) is 0 Å². The largest absolute Gasteiger partial charge is 0.309 e. The Morgan fingerprint density at radius 3 is 1.29 bits per heavy atom. The molecule has 0 fully saturated rings. The first-order valence-corrected chi connectivity index (χ1v) is 26.0. The van der Waals surface area contributed by atoms with Gasteiger partial charge in [0.1, 0.15) is 0 Å². The SMILES string of the molecule is [2H]c1c([2H])c([2H])c(-c2c([2H])c([2H])c([2H])c(-c3c([2H])c([2H])c([2H])c(-n4c5c([2H])c([2H])c([2H])c([2H])c5c5c([2H])c(-n6c7c([2H])c([2H])c([2H])c([2H])c7c7c([2H])c([2H])c(-c8c([2H])c([2H])c([2H])c([2H])c8-n8c9c([2H])c([2H])c([2H])c([2H])c9c9c([2H])c([Si](c%10c([2H])c([2H])c([2H])c([2H])c%10[2H])(c%10c([2H])c([2H])c([2H])c([2H])c%10[2H])c%10c([2H])c([2H])c([2H])c([2H])c%10[2H])c([2H])c([2H])c98)c([2H])c76)c([2H])c([2H])c54)c3[2H])c2[2H])c([2H])c1[2H]. The van der Waals surface area contributed by atoms with Crippen LogP contribution in [0.4, 0.5) is 0 Å². The monoisotopic (exact) mass is 1110 g/mol. The van der Waals surface area contributed by atoms with Crippen molar-refractivity contribution in [2.24, 2.45) is 0 Å². The van der Waals surface area contributed by atoms with E-state index in [0.717, 1.165) is 0 Å². The van der Waals surface area contributed by atoms with Crippen LogP contribution in [0.3, 0.4) is 0 Å². The second-order valence-corrected chi connectivity index (χ2v) is 21.0.